The highest BCUT2D eigenvalue weighted by atomic mass is 35.5. The molecule has 27 heavy (non-hydrogen) atoms. The Kier molecular flexibility index (Phi) is 6.02. The van der Waals surface area contributed by atoms with E-state index < -0.39 is 16.1 Å². The van der Waals surface area contributed by atoms with Crippen LogP contribution in [-0.2, 0) is 19.6 Å². The summed E-state index contributed by atoms with van der Waals surface area (Å²) in [5.41, 5.74) is 0.543. The number of amides is 1. The summed E-state index contributed by atoms with van der Waals surface area (Å²) >= 11 is 0. The number of sulfonamides is 1. The Morgan fingerprint density at radius 1 is 1.26 bits per heavy atom. The van der Waals surface area contributed by atoms with Gasteiger partial charge in [0.2, 0.25) is 10.0 Å². The molecule has 1 atom stereocenters. The maximum Gasteiger partial charge on any atom is 0.253 e. The second-order valence-electron chi connectivity index (χ2n) is 6.35. The highest BCUT2D eigenvalue weighted by Gasteiger charge is 2.34. The Bertz CT molecular complexity index is 904. The van der Waals surface area contributed by atoms with Crippen LogP contribution >= 0.6 is 12.4 Å². The summed E-state index contributed by atoms with van der Waals surface area (Å²) in [4.78, 5) is 21.4. The van der Waals surface area contributed by atoms with E-state index in [4.69, 9.17) is 4.74 Å². The standard InChI is InChI=1S/C16H21N5O4S.ClH/c22-16(13-10-17-4-9-25-13)20-5-7-21(8-6-20)26(23,24)14-11-19-15-12(14)2-1-3-18-15;/h1-3,11,13,17H,4-10H2,(H,18,19);1H. The fourth-order valence-electron chi connectivity index (χ4n) is 3.36. The maximum absolute atomic E-state index is 13.0. The quantitative estimate of drug-likeness (QED) is 0.719. The number of fused-ring (bicyclic) bond motifs is 1. The minimum absolute atomic E-state index is 0. The molecule has 0 radical (unpaired) electrons. The summed E-state index contributed by atoms with van der Waals surface area (Å²) < 4.78 is 32.9. The van der Waals surface area contributed by atoms with Crippen LogP contribution < -0.4 is 5.32 Å². The summed E-state index contributed by atoms with van der Waals surface area (Å²) in [5, 5.41) is 3.71. The van der Waals surface area contributed by atoms with Crippen molar-refractivity contribution in [3.63, 3.8) is 0 Å². The highest BCUT2D eigenvalue weighted by Crippen LogP contribution is 2.25. The van der Waals surface area contributed by atoms with Gasteiger partial charge in [-0.2, -0.15) is 4.31 Å². The van der Waals surface area contributed by atoms with Crippen LogP contribution in [0.2, 0.25) is 0 Å². The van der Waals surface area contributed by atoms with Crippen molar-refractivity contribution in [2.24, 2.45) is 0 Å². The van der Waals surface area contributed by atoms with E-state index in [9.17, 15) is 13.2 Å². The number of pyridine rings is 1. The van der Waals surface area contributed by atoms with Crippen molar-refractivity contribution < 1.29 is 17.9 Å². The molecular weight excluding hydrogens is 394 g/mol. The minimum atomic E-state index is -3.64. The molecular formula is C16H22ClN5O4S. The van der Waals surface area contributed by atoms with E-state index >= 15 is 0 Å². The molecule has 0 aromatic carbocycles. The predicted molar refractivity (Wildman–Crippen MR) is 101 cm³/mol. The number of piperazine rings is 1. The first kappa shape index (κ1) is 20.0. The van der Waals surface area contributed by atoms with Crippen LogP contribution in [0.4, 0.5) is 0 Å². The molecule has 0 aliphatic carbocycles. The average molecular weight is 416 g/mol. The van der Waals surface area contributed by atoms with Crippen LogP contribution in [0.15, 0.2) is 29.4 Å². The van der Waals surface area contributed by atoms with Crippen molar-refractivity contribution in [2.45, 2.75) is 11.0 Å². The van der Waals surface area contributed by atoms with Gasteiger partial charge in [0, 0.05) is 57.0 Å². The lowest BCUT2D eigenvalue weighted by Crippen LogP contribution is -2.55. The fraction of sp³-hybridized carbons (Fsp3) is 0.500. The van der Waals surface area contributed by atoms with Crippen LogP contribution in [0.25, 0.3) is 11.0 Å². The molecule has 1 unspecified atom stereocenters. The van der Waals surface area contributed by atoms with Gasteiger partial charge < -0.3 is 19.9 Å². The van der Waals surface area contributed by atoms with Gasteiger partial charge in [-0.25, -0.2) is 13.4 Å². The SMILES string of the molecule is Cl.O=C(C1CNCCO1)N1CCN(S(=O)(=O)c2c[nH]c3ncccc23)CC1. The largest absolute Gasteiger partial charge is 0.366 e. The number of aromatic nitrogens is 2. The highest BCUT2D eigenvalue weighted by molar-refractivity contribution is 7.89. The van der Waals surface area contributed by atoms with Gasteiger partial charge in [0.25, 0.3) is 5.91 Å². The van der Waals surface area contributed by atoms with Gasteiger partial charge in [-0.1, -0.05) is 0 Å². The Hall–Kier alpha value is -1.72. The number of carbonyl (C=O) groups is 1. The number of hydrogen-bond acceptors (Lipinski definition) is 6. The fourth-order valence-corrected chi connectivity index (χ4v) is 4.93. The number of ether oxygens (including phenoxy) is 1. The van der Waals surface area contributed by atoms with Gasteiger partial charge >= 0.3 is 0 Å². The van der Waals surface area contributed by atoms with E-state index in [0.29, 0.717) is 37.3 Å². The molecule has 2 N–H and O–H groups in total. The lowest BCUT2D eigenvalue weighted by Gasteiger charge is -2.36. The Balaban J connectivity index is 0.00000210. The number of rotatable bonds is 3. The van der Waals surface area contributed by atoms with Gasteiger partial charge in [0.05, 0.1) is 6.61 Å². The van der Waals surface area contributed by atoms with E-state index in [-0.39, 0.29) is 36.3 Å². The van der Waals surface area contributed by atoms with Gasteiger partial charge in [-0.05, 0) is 12.1 Å². The van der Waals surface area contributed by atoms with Crippen molar-refractivity contribution >= 4 is 39.4 Å². The van der Waals surface area contributed by atoms with Crippen LogP contribution in [0, 0.1) is 0 Å². The third kappa shape index (κ3) is 3.81. The first-order chi connectivity index (χ1) is 12.6. The van der Waals surface area contributed by atoms with E-state index in [1.807, 2.05) is 0 Å². The second-order valence-corrected chi connectivity index (χ2v) is 8.25. The molecule has 0 saturated carbocycles. The summed E-state index contributed by atoms with van der Waals surface area (Å²) in [5.74, 6) is -0.0782. The van der Waals surface area contributed by atoms with Gasteiger partial charge in [-0.15, -0.1) is 12.4 Å². The molecule has 11 heteroatoms. The number of halogens is 1. The van der Waals surface area contributed by atoms with Gasteiger partial charge in [0.15, 0.2) is 0 Å². The van der Waals surface area contributed by atoms with E-state index in [2.05, 4.69) is 15.3 Å². The molecule has 2 saturated heterocycles. The van der Waals surface area contributed by atoms with Crippen LogP contribution in [0.3, 0.4) is 0 Å². The van der Waals surface area contributed by atoms with Crippen LogP contribution in [0.5, 0.6) is 0 Å². The number of H-pyrrole nitrogens is 1. The normalized spacial score (nSPS) is 21.8. The molecule has 0 spiro atoms. The molecule has 1 amide bonds. The third-order valence-corrected chi connectivity index (χ3v) is 6.72. The average Bonchev–Trinajstić information content (AvgIpc) is 3.13. The van der Waals surface area contributed by atoms with Crippen LogP contribution in [0.1, 0.15) is 0 Å². The molecule has 2 aromatic rings. The summed E-state index contributed by atoms with van der Waals surface area (Å²) in [6, 6.07) is 3.45. The number of hydrogen-bond donors (Lipinski definition) is 2. The number of nitrogens with one attached hydrogen (secondary N) is 2. The Morgan fingerprint density at radius 2 is 2.04 bits per heavy atom. The Labute approximate surface area is 163 Å². The molecule has 9 nitrogen and oxygen atoms in total. The van der Waals surface area contributed by atoms with E-state index in [1.165, 1.54) is 10.5 Å². The number of nitrogens with zero attached hydrogens (tertiary/aromatic N) is 3. The zero-order chi connectivity index (χ0) is 18.1. The number of carbonyl (C=O) groups excluding carboxylic acids is 1. The van der Waals surface area contributed by atoms with Crippen molar-refractivity contribution in [3.05, 3.63) is 24.5 Å². The Morgan fingerprint density at radius 3 is 2.74 bits per heavy atom. The lowest BCUT2D eigenvalue weighted by atomic mass is 10.2. The summed E-state index contributed by atoms with van der Waals surface area (Å²) in [6.07, 6.45) is 2.61. The van der Waals surface area contributed by atoms with Crippen molar-refractivity contribution in [3.8, 4) is 0 Å². The molecule has 0 bridgehead atoms. The smallest absolute Gasteiger partial charge is 0.253 e. The topological polar surface area (TPSA) is 108 Å². The van der Waals surface area contributed by atoms with E-state index in [1.54, 1.807) is 23.2 Å². The van der Waals surface area contributed by atoms with Gasteiger partial charge in [0.1, 0.15) is 16.6 Å². The van der Waals surface area contributed by atoms with E-state index in [0.717, 1.165) is 6.54 Å². The third-order valence-electron chi connectivity index (χ3n) is 4.78. The molecule has 2 aromatic heterocycles. The number of morpholine rings is 1. The predicted octanol–water partition coefficient (Wildman–Crippen LogP) is -0.194. The summed E-state index contributed by atoms with van der Waals surface area (Å²) in [6.45, 7) is 3.01. The zero-order valence-corrected chi connectivity index (χ0v) is 16.3. The minimum Gasteiger partial charge on any atom is -0.366 e. The van der Waals surface area contributed by atoms with Gasteiger partial charge in [-0.3, -0.25) is 4.79 Å². The molecule has 148 valence electrons. The van der Waals surface area contributed by atoms with Crippen LogP contribution in [-0.4, -0.2) is 85.5 Å². The molecule has 2 aliphatic rings. The molecule has 2 fully saturated rings. The molecule has 2 aliphatic heterocycles. The van der Waals surface area contributed by atoms with Crippen molar-refractivity contribution in [1.82, 2.24) is 24.5 Å². The second kappa shape index (κ2) is 8.11. The monoisotopic (exact) mass is 415 g/mol. The molecule has 4 rings (SSSR count). The molecule has 4 heterocycles. The first-order valence-electron chi connectivity index (χ1n) is 8.61. The summed E-state index contributed by atoms with van der Waals surface area (Å²) in [7, 11) is -3.64. The first-order valence-corrected chi connectivity index (χ1v) is 10.0. The van der Waals surface area contributed by atoms with Crippen molar-refractivity contribution in [2.75, 3.05) is 45.9 Å². The number of aromatic amines is 1. The lowest BCUT2D eigenvalue weighted by molar-refractivity contribution is -0.146. The van der Waals surface area contributed by atoms with Crippen molar-refractivity contribution in [1.29, 1.82) is 0 Å². The zero-order valence-electron chi connectivity index (χ0n) is 14.6. The maximum atomic E-state index is 13.0.